The van der Waals surface area contributed by atoms with E-state index in [-0.39, 0.29) is 18.9 Å². The summed E-state index contributed by atoms with van der Waals surface area (Å²) in [7, 11) is 1.53. The van der Waals surface area contributed by atoms with E-state index in [9.17, 15) is 13.7 Å². The number of sulfonamides is 1. The molecule has 0 amide bonds. The second kappa shape index (κ2) is 9.13. The molecule has 0 unspecified atom stereocenters. The highest BCUT2D eigenvalue weighted by molar-refractivity contribution is 7.93. The van der Waals surface area contributed by atoms with Gasteiger partial charge in [-0.2, -0.15) is 5.26 Å². The molecule has 156 valence electrons. The number of ether oxygens (including phenoxy) is 1. The zero-order chi connectivity index (χ0) is 21.7. The van der Waals surface area contributed by atoms with E-state index in [1.54, 1.807) is 18.2 Å². The van der Waals surface area contributed by atoms with Crippen LogP contribution in [0.2, 0.25) is 0 Å². The fraction of sp³-hybridized carbons (Fsp3) is 0.227. The van der Waals surface area contributed by atoms with Crippen LogP contribution in [-0.4, -0.2) is 42.8 Å². The molecular weight excluding hydrogens is 402 g/mol. The lowest BCUT2D eigenvalue weighted by atomic mass is 10.0. The number of nitrogens with zero attached hydrogens (tertiary/aromatic N) is 2. The van der Waals surface area contributed by atoms with Gasteiger partial charge < -0.3 is 14.1 Å². The van der Waals surface area contributed by atoms with E-state index in [0.29, 0.717) is 5.76 Å². The van der Waals surface area contributed by atoms with Gasteiger partial charge in [0.2, 0.25) is 0 Å². The minimum Gasteiger partial charge on any atom is -0.457 e. The molecule has 0 aliphatic rings. The first-order valence-corrected chi connectivity index (χ1v) is 10.7. The summed E-state index contributed by atoms with van der Waals surface area (Å²) in [5.74, 6) is 0.864. The summed E-state index contributed by atoms with van der Waals surface area (Å²) in [5, 5.41) is 11.4. The van der Waals surface area contributed by atoms with Crippen molar-refractivity contribution in [1.29, 1.82) is 5.26 Å². The topological polar surface area (TPSA) is 95.6 Å². The summed E-state index contributed by atoms with van der Waals surface area (Å²) in [5.41, 5.74) is 1.98. The van der Waals surface area contributed by atoms with Crippen LogP contribution in [-0.2, 0) is 14.8 Å². The lowest BCUT2D eigenvalue weighted by Crippen LogP contribution is -2.27. The molecule has 0 saturated carbocycles. The average molecular weight is 426 g/mol. The fourth-order valence-electron chi connectivity index (χ4n) is 2.91. The summed E-state index contributed by atoms with van der Waals surface area (Å²) in [6.45, 7) is 0.286. The molecule has 0 aliphatic heterocycles. The van der Waals surface area contributed by atoms with Gasteiger partial charge in [-0.15, -0.1) is 0 Å². The predicted octanol–water partition coefficient (Wildman–Crippen LogP) is 3.60. The third-order valence-corrected chi connectivity index (χ3v) is 5.90. The second-order valence-electron chi connectivity index (χ2n) is 6.85. The molecule has 3 rings (SSSR count). The molecule has 0 radical (unpaired) electrons. The van der Waals surface area contributed by atoms with Gasteiger partial charge in [-0.05, 0) is 41.1 Å². The molecule has 30 heavy (non-hydrogen) atoms. The number of nitriles is 1. The molecule has 1 aromatic heterocycles. The second-order valence-corrected chi connectivity index (χ2v) is 8.59. The highest BCUT2D eigenvalue weighted by Gasteiger charge is 2.18. The predicted molar refractivity (Wildman–Crippen MR) is 118 cm³/mol. The number of anilines is 1. The smallest absolute Gasteiger partial charge is 0.250 e. The number of methoxy groups -OCH3 is 1. The van der Waals surface area contributed by atoms with Gasteiger partial charge in [0.25, 0.3) is 10.0 Å². The number of fused-ring (bicyclic) bond motifs is 1. The Morgan fingerprint density at radius 1 is 1.17 bits per heavy atom. The van der Waals surface area contributed by atoms with Crippen molar-refractivity contribution < 1.29 is 17.6 Å². The van der Waals surface area contributed by atoms with E-state index in [4.69, 9.17) is 9.15 Å². The number of furan rings is 1. The van der Waals surface area contributed by atoms with Crippen molar-refractivity contribution in [2.75, 3.05) is 39.3 Å². The van der Waals surface area contributed by atoms with Crippen molar-refractivity contribution in [3.63, 3.8) is 0 Å². The van der Waals surface area contributed by atoms with Crippen LogP contribution in [0.5, 0.6) is 0 Å². The molecule has 0 fully saturated rings. The highest BCUT2D eigenvalue weighted by atomic mass is 32.2. The molecule has 3 aromatic rings. The van der Waals surface area contributed by atoms with Gasteiger partial charge in [0.1, 0.15) is 17.6 Å². The molecule has 2 aromatic carbocycles. The number of allylic oxidation sites excluding steroid dienone is 1. The van der Waals surface area contributed by atoms with E-state index in [1.165, 1.54) is 13.2 Å². The lowest BCUT2D eigenvalue weighted by molar-refractivity contribution is 0.204. The first-order valence-electron chi connectivity index (χ1n) is 9.26. The standard InChI is InChI=1S/C22H23N3O4S/c1-25(2)19-7-6-16-12-18(5-4-17(16)13-19)22-9-8-20(29-22)14-21(15-23)30(26,27)24-10-11-28-3/h4-9,12-14,24H,10-11H2,1-3H3/b21-14+. The van der Waals surface area contributed by atoms with Crippen molar-refractivity contribution in [2.24, 2.45) is 0 Å². The zero-order valence-electron chi connectivity index (χ0n) is 17.0. The largest absolute Gasteiger partial charge is 0.457 e. The zero-order valence-corrected chi connectivity index (χ0v) is 17.9. The van der Waals surface area contributed by atoms with Gasteiger partial charge in [0.05, 0.1) is 6.61 Å². The number of benzene rings is 2. The quantitative estimate of drug-likeness (QED) is 0.438. The van der Waals surface area contributed by atoms with E-state index >= 15 is 0 Å². The van der Waals surface area contributed by atoms with Gasteiger partial charge in [-0.25, -0.2) is 13.1 Å². The van der Waals surface area contributed by atoms with Crippen molar-refractivity contribution in [2.45, 2.75) is 0 Å². The van der Waals surface area contributed by atoms with Gasteiger partial charge in [-0.1, -0.05) is 18.2 Å². The molecule has 7 nitrogen and oxygen atoms in total. The highest BCUT2D eigenvalue weighted by Crippen LogP contribution is 2.29. The maximum absolute atomic E-state index is 12.2. The number of hydrogen-bond acceptors (Lipinski definition) is 6. The SMILES string of the molecule is COCCNS(=O)(=O)/C(C#N)=C/c1ccc(-c2ccc3cc(N(C)C)ccc3c2)o1. The Hall–Kier alpha value is -3.12. The molecular formula is C22H23N3O4S. The van der Waals surface area contributed by atoms with E-state index in [1.807, 2.05) is 49.3 Å². The first-order chi connectivity index (χ1) is 14.3. The van der Waals surface area contributed by atoms with Gasteiger partial charge >= 0.3 is 0 Å². The minimum absolute atomic E-state index is 0.0773. The summed E-state index contributed by atoms with van der Waals surface area (Å²) in [6.07, 6.45) is 1.21. The van der Waals surface area contributed by atoms with E-state index < -0.39 is 14.9 Å². The number of rotatable bonds is 8. The number of hydrogen-bond donors (Lipinski definition) is 1. The Kier molecular flexibility index (Phi) is 6.57. The number of nitrogens with one attached hydrogen (secondary N) is 1. The van der Waals surface area contributed by atoms with Crippen LogP contribution in [0, 0.1) is 11.3 Å². The Morgan fingerprint density at radius 3 is 2.60 bits per heavy atom. The van der Waals surface area contributed by atoms with E-state index in [2.05, 4.69) is 10.8 Å². The third kappa shape index (κ3) is 4.89. The van der Waals surface area contributed by atoms with Crippen LogP contribution in [0.4, 0.5) is 5.69 Å². The summed E-state index contributed by atoms with van der Waals surface area (Å²) in [4.78, 5) is 1.62. The Balaban J connectivity index is 1.87. The van der Waals surface area contributed by atoms with Crippen LogP contribution < -0.4 is 9.62 Å². The molecule has 0 spiro atoms. The Labute approximate surface area is 176 Å². The van der Waals surface area contributed by atoms with Gasteiger partial charge in [-0.3, -0.25) is 0 Å². The third-order valence-electron chi connectivity index (χ3n) is 4.52. The molecule has 0 aliphatic carbocycles. The van der Waals surface area contributed by atoms with Crippen molar-refractivity contribution in [3.8, 4) is 17.4 Å². The van der Waals surface area contributed by atoms with Crippen molar-refractivity contribution in [1.82, 2.24) is 4.72 Å². The maximum atomic E-state index is 12.2. The van der Waals surface area contributed by atoms with Gasteiger partial charge in [0, 0.05) is 45.1 Å². The molecule has 0 saturated heterocycles. The minimum atomic E-state index is -3.93. The van der Waals surface area contributed by atoms with Crippen molar-refractivity contribution in [3.05, 3.63) is 59.2 Å². The summed E-state index contributed by atoms with van der Waals surface area (Å²) < 4.78 is 37.4. The van der Waals surface area contributed by atoms with E-state index in [0.717, 1.165) is 22.0 Å². The summed E-state index contributed by atoms with van der Waals surface area (Å²) in [6, 6.07) is 17.3. The molecule has 8 heteroatoms. The van der Waals surface area contributed by atoms with Crippen LogP contribution >= 0.6 is 0 Å². The molecule has 0 bridgehead atoms. The first kappa shape index (κ1) is 21.6. The molecule has 1 heterocycles. The Bertz CT molecular complexity index is 1220. The Morgan fingerprint density at radius 2 is 1.90 bits per heavy atom. The van der Waals surface area contributed by atoms with Crippen LogP contribution in [0.1, 0.15) is 5.76 Å². The van der Waals surface area contributed by atoms with Crippen molar-refractivity contribution >= 4 is 32.6 Å². The van der Waals surface area contributed by atoms with Crippen LogP contribution in [0.15, 0.2) is 57.9 Å². The normalized spacial score (nSPS) is 12.1. The molecule has 0 atom stereocenters. The van der Waals surface area contributed by atoms with Crippen LogP contribution in [0.25, 0.3) is 28.2 Å². The van der Waals surface area contributed by atoms with Gasteiger partial charge in [0.15, 0.2) is 4.91 Å². The average Bonchev–Trinajstić information content (AvgIpc) is 3.19. The fourth-order valence-corrected chi connectivity index (χ4v) is 3.80. The molecule has 1 N–H and O–H groups in total. The summed E-state index contributed by atoms with van der Waals surface area (Å²) >= 11 is 0. The monoisotopic (exact) mass is 425 g/mol. The van der Waals surface area contributed by atoms with Crippen LogP contribution in [0.3, 0.4) is 0 Å². The lowest BCUT2D eigenvalue weighted by Gasteiger charge is -2.13. The maximum Gasteiger partial charge on any atom is 0.250 e.